The topological polar surface area (TPSA) is 44.3 Å². The van der Waals surface area contributed by atoms with Crippen LogP contribution in [0.25, 0.3) is 0 Å². The summed E-state index contributed by atoms with van der Waals surface area (Å²) in [5.74, 6) is 0. The van der Waals surface area contributed by atoms with E-state index in [-0.39, 0.29) is 0 Å². The van der Waals surface area contributed by atoms with Crippen LogP contribution in [-0.2, 0) is 0 Å². The van der Waals surface area contributed by atoms with Crippen LogP contribution in [0.1, 0.15) is 0 Å². The normalized spacial score (nSPS) is 13.1. The number of para-hydroxylation sites is 1. The van der Waals surface area contributed by atoms with E-state index in [2.05, 4.69) is 32.0 Å². The van der Waals surface area contributed by atoms with E-state index in [0.29, 0.717) is 0 Å². The lowest BCUT2D eigenvalue weighted by atomic mass is 10.3. The molecule has 1 aliphatic rings. The van der Waals surface area contributed by atoms with Gasteiger partial charge in [0, 0.05) is 36.7 Å². The van der Waals surface area contributed by atoms with Crippen molar-refractivity contribution >= 4 is 11.9 Å². The number of anilines is 1. The van der Waals surface area contributed by atoms with Crippen LogP contribution in [0.5, 0.6) is 0 Å². The summed E-state index contributed by atoms with van der Waals surface area (Å²) in [7, 11) is 0. The van der Waals surface area contributed by atoms with Crippen molar-refractivity contribution in [1.82, 2.24) is 9.97 Å². The highest BCUT2D eigenvalue weighted by Gasteiger charge is 2.01. The maximum Gasteiger partial charge on any atom is 0.0919 e. The molecule has 0 saturated carbocycles. The van der Waals surface area contributed by atoms with Crippen molar-refractivity contribution in [2.24, 2.45) is 4.99 Å². The zero-order chi connectivity index (χ0) is 11.8. The van der Waals surface area contributed by atoms with Gasteiger partial charge in [-0.2, -0.15) is 0 Å². The van der Waals surface area contributed by atoms with Crippen LogP contribution in [0.3, 0.4) is 0 Å². The Morgan fingerprint density at radius 3 is 2.59 bits per heavy atom. The van der Waals surface area contributed by atoms with Gasteiger partial charge in [-0.15, -0.1) is 0 Å². The molecule has 0 fully saturated rings. The highest BCUT2D eigenvalue weighted by molar-refractivity contribution is 5.69. The van der Waals surface area contributed by atoms with E-state index in [9.17, 15) is 0 Å². The Morgan fingerprint density at radius 1 is 1.18 bits per heavy atom. The van der Waals surface area contributed by atoms with Crippen molar-refractivity contribution < 1.29 is 0 Å². The van der Waals surface area contributed by atoms with Crippen LogP contribution in [0, 0.1) is 0 Å². The van der Waals surface area contributed by atoms with Gasteiger partial charge in [-0.1, -0.05) is 18.2 Å². The SMILES string of the molecule is C1=CN(c2ccccc2)CC=N1.c1c[nH]cn1. The molecule has 1 aromatic carbocycles. The molecule has 0 aliphatic carbocycles. The number of rotatable bonds is 1. The standard InChI is InChI=1S/C10H10N2.C3H4N2/c1-2-4-10(5-3-1)12-8-6-11-7-9-12;1-2-5-3-4-1/h1-8H,9H2;1-3H,(H,4,5). The van der Waals surface area contributed by atoms with Crippen molar-refractivity contribution in [3.8, 4) is 0 Å². The molecular weight excluding hydrogens is 212 g/mol. The fourth-order valence-electron chi connectivity index (χ4n) is 1.40. The number of aliphatic imine (C=N–C) groups is 1. The zero-order valence-electron chi connectivity index (χ0n) is 9.40. The van der Waals surface area contributed by atoms with Crippen molar-refractivity contribution in [3.05, 3.63) is 61.5 Å². The Morgan fingerprint density at radius 2 is 2.06 bits per heavy atom. The van der Waals surface area contributed by atoms with Crippen LogP contribution in [0.2, 0.25) is 0 Å². The number of aromatic amines is 1. The molecule has 0 unspecified atom stereocenters. The molecule has 3 rings (SSSR count). The number of hydrogen-bond donors (Lipinski definition) is 1. The van der Waals surface area contributed by atoms with Crippen LogP contribution in [0.15, 0.2) is 66.4 Å². The molecule has 17 heavy (non-hydrogen) atoms. The van der Waals surface area contributed by atoms with Gasteiger partial charge in [0.2, 0.25) is 0 Å². The number of nitrogens with zero attached hydrogens (tertiary/aromatic N) is 3. The molecule has 4 nitrogen and oxygen atoms in total. The molecule has 1 N–H and O–H groups in total. The molecule has 86 valence electrons. The van der Waals surface area contributed by atoms with Gasteiger partial charge in [0.25, 0.3) is 0 Å². The van der Waals surface area contributed by atoms with Crippen molar-refractivity contribution in [3.63, 3.8) is 0 Å². The lowest BCUT2D eigenvalue weighted by Gasteiger charge is -2.19. The van der Waals surface area contributed by atoms with Crippen LogP contribution >= 0.6 is 0 Å². The smallest absolute Gasteiger partial charge is 0.0919 e. The van der Waals surface area contributed by atoms with Crippen molar-refractivity contribution in [1.29, 1.82) is 0 Å². The molecule has 2 heterocycles. The minimum atomic E-state index is 0.862. The minimum absolute atomic E-state index is 0.862. The molecule has 0 atom stereocenters. The van der Waals surface area contributed by atoms with E-state index in [4.69, 9.17) is 0 Å². The highest BCUT2D eigenvalue weighted by Crippen LogP contribution is 2.13. The van der Waals surface area contributed by atoms with Crippen LogP contribution < -0.4 is 4.90 Å². The first-order valence-corrected chi connectivity index (χ1v) is 5.39. The van der Waals surface area contributed by atoms with Gasteiger partial charge in [-0.3, -0.25) is 4.99 Å². The number of benzene rings is 1. The van der Waals surface area contributed by atoms with E-state index >= 15 is 0 Å². The second-order valence-corrected chi connectivity index (χ2v) is 3.38. The van der Waals surface area contributed by atoms with E-state index < -0.39 is 0 Å². The summed E-state index contributed by atoms with van der Waals surface area (Å²) in [4.78, 5) is 12.6. The summed E-state index contributed by atoms with van der Waals surface area (Å²) in [5, 5.41) is 0. The summed E-state index contributed by atoms with van der Waals surface area (Å²) >= 11 is 0. The van der Waals surface area contributed by atoms with Gasteiger partial charge in [0.15, 0.2) is 0 Å². The van der Waals surface area contributed by atoms with E-state index in [1.54, 1.807) is 24.9 Å². The maximum absolute atomic E-state index is 4.01. The third-order valence-corrected chi connectivity index (χ3v) is 2.21. The number of H-pyrrole nitrogens is 1. The first-order valence-electron chi connectivity index (χ1n) is 5.39. The zero-order valence-corrected chi connectivity index (χ0v) is 9.40. The highest BCUT2D eigenvalue weighted by atomic mass is 15.1. The number of nitrogens with one attached hydrogen (secondary N) is 1. The Labute approximate surface area is 100 Å². The summed E-state index contributed by atoms with van der Waals surface area (Å²) in [5.41, 5.74) is 1.21. The molecule has 4 heteroatoms. The fourth-order valence-corrected chi connectivity index (χ4v) is 1.40. The quantitative estimate of drug-likeness (QED) is 0.811. The molecular formula is C13H14N4. The van der Waals surface area contributed by atoms with E-state index in [0.717, 1.165) is 6.54 Å². The first-order chi connectivity index (χ1) is 8.47. The molecule has 0 spiro atoms. The third kappa shape index (κ3) is 3.61. The molecule has 0 saturated heterocycles. The molecule has 0 radical (unpaired) electrons. The van der Waals surface area contributed by atoms with Crippen molar-refractivity contribution in [2.75, 3.05) is 11.4 Å². The van der Waals surface area contributed by atoms with E-state index in [1.807, 2.05) is 30.6 Å². The lowest BCUT2D eigenvalue weighted by molar-refractivity contribution is 1.10. The van der Waals surface area contributed by atoms with Gasteiger partial charge in [-0.05, 0) is 12.1 Å². The largest absolute Gasteiger partial charge is 0.351 e. The Hall–Kier alpha value is -2.36. The Kier molecular flexibility index (Phi) is 4.11. The van der Waals surface area contributed by atoms with Gasteiger partial charge >= 0.3 is 0 Å². The third-order valence-electron chi connectivity index (χ3n) is 2.21. The Balaban J connectivity index is 0.000000181. The summed E-state index contributed by atoms with van der Waals surface area (Å²) in [6, 6.07) is 10.3. The van der Waals surface area contributed by atoms with E-state index in [1.165, 1.54) is 5.69 Å². The first kappa shape index (κ1) is 11.1. The number of imidazole rings is 1. The van der Waals surface area contributed by atoms with Crippen LogP contribution in [-0.4, -0.2) is 22.7 Å². The predicted molar refractivity (Wildman–Crippen MR) is 70.0 cm³/mol. The minimum Gasteiger partial charge on any atom is -0.351 e. The average Bonchev–Trinajstić information content (AvgIpc) is 3.00. The maximum atomic E-state index is 4.01. The second kappa shape index (κ2) is 6.27. The van der Waals surface area contributed by atoms with Crippen LogP contribution in [0.4, 0.5) is 5.69 Å². The molecule has 0 bridgehead atoms. The second-order valence-electron chi connectivity index (χ2n) is 3.38. The summed E-state index contributed by atoms with van der Waals surface area (Å²) < 4.78 is 0. The van der Waals surface area contributed by atoms with Gasteiger partial charge in [-0.25, -0.2) is 4.98 Å². The van der Waals surface area contributed by atoms with Gasteiger partial charge < -0.3 is 9.88 Å². The van der Waals surface area contributed by atoms with Gasteiger partial charge in [0.05, 0.1) is 12.9 Å². The molecule has 0 amide bonds. The lowest BCUT2D eigenvalue weighted by Crippen LogP contribution is -2.19. The molecule has 1 aliphatic heterocycles. The number of aromatic nitrogens is 2. The molecule has 1 aromatic heterocycles. The average molecular weight is 226 g/mol. The Bertz CT molecular complexity index is 442. The number of hydrogen-bond acceptors (Lipinski definition) is 3. The summed E-state index contributed by atoms with van der Waals surface area (Å²) in [6.07, 6.45) is 10.8. The molecule has 2 aromatic rings. The predicted octanol–water partition coefficient (Wildman–Crippen LogP) is 2.46. The monoisotopic (exact) mass is 226 g/mol. The summed E-state index contributed by atoms with van der Waals surface area (Å²) in [6.45, 7) is 0.862. The fraction of sp³-hybridized carbons (Fsp3) is 0.0769. The van der Waals surface area contributed by atoms with Crippen molar-refractivity contribution in [2.45, 2.75) is 0 Å². The van der Waals surface area contributed by atoms with Gasteiger partial charge in [0.1, 0.15) is 0 Å².